The minimum absolute atomic E-state index is 0.00256. The van der Waals surface area contributed by atoms with Crippen LogP contribution in [0.5, 0.6) is 5.75 Å². The lowest BCUT2D eigenvalue weighted by atomic mass is 10.1. The van der Waals surface area contributed by atoms with Gasteiger partial charge in [0, 0.05) is 56.0 Å². The lowest BCUT2D eigenvalue weighted by Gasteiger charge is -2.39. The smallest absolute Gasteiger partial charge is 0.273 e. The number of hydrogen-bond donors (Lipinski definition) is 4. The highest BCUT2D eigenvalue weighted by molar-refractivity contribution is 6.00. The largest absolute Gasteiger partial charge is 0.494 e. The van der Waals surface area contributed by atoms with Gasteiger partial charge in [-0.3, -0.25) is 19.2 Å². The molecule has 1 saturated heterocycles. The molecule has 13 heteroatoms. The summed E-state index contributed by atoms with van der Waals surface area (Å²) in [6, 6.07) is 13.2. The van der Waals surface area contributed by atoms with E-state index < -0.39 is 5.91 Å². The number of nitrogens with two attached hydrogens (primary N) is 1. The molecule has 5 N–H and O–H groups in total. The molecule has 0 atom stereocenters. The molecule has 0 bridgehead atoms. The van der Waals surface area contributed by atoms with Crippen molar-refractivity contribution in [2.45, 2.75) is 25.4 Å². The SMILES string of the molecule is CNC(=O)c1nnc(NC(=O)C2CC2)cc1Nc1cccc(-c2cnn(C3CN(Cc4cccc(N)n4)C3)c2)c1OC. The molecular formula is C29H32N10O3. The Kier molecular flexibility index (Phi) is 7.40. The van der Waals surface area contributed by atoms with Gasteiger partial charge in [0.1, 0.15) is 11.6 Å². The first-order valence-electron chi connectivity index (χ1n) is 13.7. The van der Waals surface area contributed by atoms with Crippen molar-refractivity contribution in [3.63, 3.8) is 0 Å². The summed E-state index contributed by atoms with van der Waals surface area (Å²) in [7, 11) is 3.11. The molecule has 4 heterocycles. The number of amides is 2. The topological polar surface area (TPSA) is 165 Å². The Balaban J connectivity index is 1.20. The molecule has 216 valence electrons. The molecular weight excluding hydrogens is 536 g/mol. The highest BCUT2D eigenvalue weighted by Gasteiger charge is 2.31. The monoisotopic (exact) mass is 568 g/mol. The maximum atomic E-state index is 12.6. The Bertz CT molecular complexity index is 1630. The number of hydrogen-bond acceptors (Lipinski definition) is 10. The zero-order valence-corrected chi connectivity index (χ0v) is 23.4. The number of nitrogens with one attached hydrogen (secondary N) is 3. The molecule has 1 aromatic carbocycles. The first-order valence-corrected chi connectivity index (χ1v) is 13.7. The Labute approximate surface area is 242 Å². The van der Waals surface area contributed by atoms with Crippen molar-refractivity contribution in [1.29, 1.82) is 0 Å². The molecule has 2 fully saturated rings. The third-order valence-electron chi connectivity index (χ3n) is 7.36. The van der Waals surface area contributed by atoms with Crippen LogP contribution < -0.4 is 26.4 Å². The maximum absolute atomic E-state index is 12.6. The highest BCUT2D eigenvalue weighted by Crippen LogP contribution is 2.39. The van der Waals surface area contributed by atoms with Gasteiger partial charge in [-0.2, -0.15) is 5.10 Å². The second-order valence-corrected chi connectivity index (χ2v) is 10.5. The molecule has 2 aliphatic rings. The van der Waals surface area contributed by atoms with Crippen molar-refractivity contribution >= 4 is 34.8 Å². The number of ether oxygens (including phenoxy) is 1. The van der Waals surface area contributed by atoms with Gasteiger partial charge in [0.2, 0.25) is 5.91 Å². The number of benzene rings is 1. The zero-order valence-electron chi connectivity index (χ0n) is 23.4. The Morgan fingerprint density at radius 1 is 1.10 bits per heavy atom. The van der Waals surface area contributed by atoms with Crippen molar-refractivity contribution in [1.82, 2.24) is 35.2 Å². The fraction of sp³-hybridized carbons (Fsp3) is 0.310. The lowest BCUT2D eigenvalue weighted by Crippen LogP contribution is -2.47. The summed E-state index contributed by atoms with van der Waals surface area (Å²) in [6.45, 7) is 2.45. The van der Waals surface area contributed by atoms with E-state index in [9.17, 15) is 9.59 Å². The number of carbonyl (C=O) groups is 2. The van der Waals surface area contributed by atoms with Gasteiger partial charge >= 0.3 is 0 Å². The fourth-order valence-electron chi connectivity index (χ4n) is 4.97. The third-order valence-corrected chi connectivity index (χ3v) is 7.36. The average molecular weight is 569 g/mol. The predicted molar refractivity (Wildman–Crippen MR) is 157 cm³/mol. The maximum Gasteiger partial charge on any atom is 0.273 e. The van der Waals surface area contributed by atoms with Gasteiger partial charge in [-0.05, 0) is 31.0 Å². The van der Waals surface area contributed by atoms with E-state index in [0.717, 1.165) is 49.3 Å². The third kappa shape index (κ3) is 5.72. The predicted octanol–water partition coefficient (Wildman–Crippen LogP) is 2.83. The molecule has 0 spiro atoms. The van der Waals surface area contributed by atoms with Gasteiger partial charge in [-0.15, -0.1) is 10.2 Å². The first-order chi connectivity index (χ1) is 20.4. The van der Waals surface area contributed by atoms with Crippen molar-refractivity contribution in [3.8, 4) is 16.9 Å². The Morgan fingerprint density at radius 3 is 2.64 bits per heavy atom. The number of methoxy groups -OCH3 is 1. The number of rotatable bonds is 10. The van der Waals surface area contributed by atoms with E-state index in [1.807, 2.05) is 47.4 Å². The molecule has 0 unspecified atom stereocenters. The Hall–Kier alpha value is -5.04. The van der Waals surface area contributed by atoms with Gasteiger partial charge in [0.05, 0.1) is 36.4 Å². The second-order valence-electron chi connectivity index (χ2n) is 10.5. The van der Waals surface area contributed by atoms with Crippen LogP contribution in [0.4, 0.5) is 23.0 Å². The summed E-state index contributed by atoms with van der Waals surface area (Å²) < 4.78 is 7.81. The van der Waals surface area contributed by atoms with Crippen LogP contribution in [0.25, 0.3) is 11.1 Å². The minimum atomic E-state index is -0.414. The molecule has 1 saturated carbocycles. The number of nitrogen functional groups attached to an aromatic ring is 1. The molecule has 13 nitrogen and oxygen atoms in total. The van der Waals surface area contributed by atoms with Crippen molar-refractivity contribution in [2.75, 3.05) is 43.6 Å². The van der Waals surface area contributed by atoms with Gasteiger partial charge in [0.15, 0.2) is 11.5 Å². The molecule has 1 aliphatic heterocycles. The number of likely N-dealkylation sites (tertiary alicyclic amines) is 1. The number of pyridine rings is 1. The summed E-state index contributed by atoms with van der Waals surface area (Å²) in [5.41, 5.74) is 9.57. The van der Waals surface area contributed by atoms with Gasteiger partial charge in [-0.25, -0.2) is 4.98 Å². The van der Waals surface area contributed by atoms with Crippen molar-refractivity contribution in [2.24, 2.45) is 5.92 Å². The molecule has 0 radical (unpaired) electrons. The van der Waals surface area contributed by atoms with E-state index in [-0.39, 0.29) is 29.4 Å². The van der Waals surface area contributed by atoms with Crippen LogP contribution >= 0.6 is 0 Å². The van der Waals surface area contributed by atoms with E-state index in [0.29, 0.717) is 22.9 Å². The summed E-state index contributed by atoms with van der Waals surface area (Å²) >= 11 is 0. The molecule has 3 aromatic heterocycles. The normalized spacial score (nSPS) is 15.1. The summed E-state index contributed by atoms with van der Waals surface area (Å²) in [6.07, 6.45) is 5.55. The standard InChI is InChI=1S/C29H32N10O3/c1-31-29(41)26-23(11-25(36-37-26)35-28(40)17-9-10-17)34-22-7-4-6-21(27(22)42-2)18-12-32-39(13-18)20-15-38(16-20)14-19-5-3-8-24(30)33-19/h3-8,11-13,17,20H,9-10,14-16H2,1-2H3,(H2,30,33)(H,31,41)(H2,34,35,36,40). The quantitative estimate of drug-likeness (QED) is 0.223. The van der Waals surface area contributed by atoms with Crippen LogP contribution in [0, 0.1) is 5.92 Å². The van der Waals surface area contributed by atoms with E-state index in [1.54, 1.807) is 19.2 Å². The average Bonchev–Trinajstić information content (AvgIpc) is 3.72. The van der Waals surface area contributed by atoms with E-state index in [1.165, 1.54) is 7.05 Å². The van der Waals surface area contributed by atoms with Crippen LogP contribution in [0.3, 0.4) is 0 Å². The highest BCUT2D eigenvalue weighted by atomic mass is 16.5. The van der Waals surface area contributed by atoms with Gasteiger partial charge in [-0.1, -0.05) is 18.2 Å². The lowest BCUT2D eigenvalue weighted by molar-refractivity contribution is -0.117. The van der Waals surface area contributed by atoms with E-state index in [2.05, 4.69) is 41.1 Å². The van der Waals surface area contributed by atoms with Gasteiger partial charge in [0.25, 0.3) is 5.91 Å². The molecule has 6 rings (SSSR count). The van der Waals surface area contributed by atoms with Crippen LogP contribution in [-0.4, -0.2) is 68.9 Å². The van der Waals surface area contributed by atoms with Crippen LogP contribution in [-0.2, 0) is 11.3 Å². The van der Waals surface area contributed by atoms with E-state index in [4.69, 9.17) is 10.5 Å². The molecule has 1 aliphatic carbocycles. The Morgan fingerprint density at radius 2 is 1.90 bits per heavy atom. The number of aromatic nitrogens is 5. The number of nitrogens with zero attached hydrogens (tertiary/aromatic N) is 6. The number of carbonyl (C=O) groups excluding carboxylic acids is 2. The van der Waals surface area contributed by atoms with Crippen LogP contribution in [0.1, 0.15) is 35.1 Å². The van der Waals surface area contributed by atoms with Gasteiger partial charge < -0.3 is 26.4 Å². The summed E-state index contributed by atoms with van der Waals surface area (Å²) in [5, 5.41) is 21.4. The first kappa shape index (κ1) is 27.1. The molecule has 4 aromatic rings. The molecule has 42 heavy (non-hydrogen) atoms. The summed E-state index contributed by atoms with van der Waals surface area (Å²) in [4.78, 5) is 31.5. The van der Waals surface area contributed by atoms with Crippen LogP contribution in [0.2, 0.25) is 0 Å². The van der Waals surface area contributed by atoms with Crippen molar-refractivity contribution in [3.05, 3.63) is 66.2 Å². The zero-order chi connectivity index (χ0) is 29.2. The number of anilines is 4. The fourth-order valence-corrected chi connectivity index (χ4v) is 4.97. The van der Waals surface area contributed by atoms with Crippen LogP contribution in [0.15, 0.2) is 54.9 Å². The minimum Gasteiger partial charge on any atom is -0.494 e. The molecule has 2 amide bonds. The van der Waals surface area contributed by atoms with Crippen molar-refractivity contribution < 1.29 is 14.3 Å². The number of para-hydroxylation sites is 1. The summed E-state index contributed by atoms with van der Waals surface area (Å²) in [5.74, 6) is 0.849. The van der Waals surface area contributed by atoms with E-state index >= 15 is 0 Å². The second kappa shape index (κ2) is 11.4.